The molecule has 1 saturated heterocycles. The number of nitrogens with zero attached hydrogens (tertiary/aromatic N) is 2. The molecule has 1 fully saturated rings. The maximum absolute atomic E-state index is 10.8. The quantitative estimate of drug-likeness (QED) is 0.589. The Hall–Kier alpha value is -1.04. The second-order valence-corrected chi connectivity index (χ2v) is 4.02. The number of amidine groups is 1. The number of rotatable bonds is 1. The second kappa shape index (κ2) is 3.02. The summed E-state index contributed by atoms with van der Waals surface area (Å²) < 4.78 is 0. The Kier molecular flexibility index (Phi) is 1.99. The van der Waals surface area contributed by atoms with Gasteiger partial charge >= 0.3 is 0 Å². The van der Waals surface area contributed by atoms with Crippen LogP contribution < -0.4 is 5.73 Å². The van der Waals surface area contributed by atoms with E-state index in [9.17, 15) is 9.59 Å². The van der Waals surface area contributed by atoms with Crippen molar-refractivity contribution in [2.45, 2.75) is 0 Å². The van der Waals surface area contributed by atoms with E-state index >= 15 is 0 Å². The number of thioether (sulfide) groups is 1. The summed E-state index contributed by atoms with van der Waals surface area (Å²) in [4.78, 5) is 27.2. The molecule has 2 heterocycles. The molecule has 2 aliphatic heterocycles. The van der Waals surface area contributed by atoms with Crippen LogP contribution in [-0.2, 0) is 9.59 Å². The summed E-state index contributed by atoms with van der Waals surface area (Å²) in [6.07, 6.45) is 0. The molecular weight excluding hydrogens is 190 g/mol. The molecule has 0 aliphatic carbocycles. The van der Waals surface area contributed by atoms with Gasteiger partial charge in [0.15, 0.2) is 5.17 Å². The molecule has 2 amide bonds. The van der Waals surface area contributed by atoms with Crippen molar-refractivity contribution in [3.63, 3.8) is 0 Å². The molecule has 0 aromatic carbocycles. The van der Waals surface area contributed by atoms with Crippen LogP contribution in [0.5, 0.6) is 0 Å². The van der Waals surface area contributed by atoms with Crippen LogP contribution in [0, 0.1) is 5.92 Å². The van der Waals surface area contributed by atoms with E-state index < -0.39 is 0 Å². The number of nitrogens with two attached hydrogens (primary N) is 1. The lowest BCUT2D eigenvalue weighted by molar-refractivity contribution is -0.125. The van der Waals surface area contributed by atoms with Crippen molar-refractivity contribution in [2.75, 3.05) is 18.8 Å². The van der Waals surface area contributed by atoms with Gasteiger partial charge in [-0.1, -0.05) is 11.8 Å². The number of hydrogen-bond donors (Lipinski definition) is 1. The molecule has 13 heavy (non-hydrogen) atoms. The number of carbonyl (C=O) groups is 2. The minimum atomic E-state index is -0.272. The molecule has 5 nitrogen and oxygen atoms in total. The number of primary amides is 1. The normalized spacial score (nSPS) is 22.9. The molecule has 6 heteroatoms. The van der Waals surface area contributed by atoms with E-state index in [1.807, 2.05) is 4.90 Å². The Labute approximate surface area is 79.4 Å². The average Bonchev–Trinajstić information content (AvgIpc) is 2.31. The van der Waals surface area contributed by atoms with Crippen LogP contribution in [0.4, 0.5) is 0 Å². The lowest BCUT2D eigenvalue weighted by Gasteiger charge is -2.38. The van der Waals surface area contributed by atoms with Crippen LogP contribution in [0.2, 0.25) is 0 Å². The molecule has 2 N–H and O–H groups in total. The number of carbonyl (C=O) groups excluding carboxylic acids is 2. The largest absolute Gasteiger partial charge is 0.369 e. The van der Waals surface area contributed by atoms with Crippen LogP contribution in [0.1, 0.15) is 0 Å². The molecule has 2 aliphatic rings. The third-order valence-electron chi connectivity index (χ3n) is 2.10. The topological polar surface area (TPSA) is 75.8 Å². The van der Waals surface area contributed by atoms with Crippen LogP contribution in [0.15, 0.2) is 4.99 Å². The highest BCUT2D eigenvalue weighted by atomic mass is 32.2. The first-order chi connectivity index (χ1) is 6.16. The van der Waals surface area contributed by atoms with Crippen molar-refractivity contribution in [3.8, 4) is 0 Å². The summed E-state index contributed by atoms with van der Waals surface area (Å²) in [6.45, 7) is 1.21. The fraction of sp³-hybridized carbons (Fsp3) is 0.571. The summed E-state index contributed by atoms with van der Waals surface area (Å²) >= 11 is 1.42. The van der Waals surface area contributed by atoms with Crippen LogP contribution in [0.25, 0.3) is 0 Å². The van der Waals surface area contributed by atoms with Crippen LogP contribution in [-0.4, -0.2) is 40.7 Å². The zero-order valence-corrected chi connectivity index (χ0v) is 7.71. The minimum absolute atomic E-state index is 0.0704. The van der Waals surface area contributed by atoms with Crippen LogP contribution >= 0.6 is 11.8 Å². The van der Waals surface area contributed by atoms with Crippen LogP contribution in [0.3, 0.4) is 0 Å². The third kappa shape index (κ3) is 1.53. The first-order valence-electron chi connectivity index (χ1n) is 3.95. The first-order valence-corrected chi connectivity index (χ1v) is 4.94. The molecular formula is C7H9N3O2S. The van der Waals surface area contributed by atoms with Gasteiger partial charge < -0.3 is 10.6 Å². The number of aliphatic imine (C=N–C) groups is 1. The van der Waals surface area contributed by atoms with Gasteiger partial charge in [0.1, 0.15) is 0 Å². The van der Waals surface area contributed by atoms with Crippen molar-refractivity contribution in [3.05, 3.63) is 0 Å². The third-order valence-corrected chi connectivity index (χ3v) is 3.10. The van der Waals surface area contributed by atoms with Crippen molar-refractivity contribution in [2.24, 2.45) is 16.6 Å². The van der Waals surface area contributed by atoms with Crippen molar-refractivity contribution in [1.82, 2.24) is 4.90 Å². The number of likely N-dealkylation sites (tertiary alicyclic amines) is 1. The van der Waals surface area contributed by atoms with Gasteiger partial charge in [0, 0.05) is 13.1 Å². The molecule has 0 aromatic heterocycles. The van der Waals surface area contributed by atoms with Gasteiger partial charge in [0.25, 0.3) is 5.91 Å². The Morgan fingerprint density at radius 3 is 2.77 bits per heavy atom. The number of hydrogen-bond acceptors (Lipinski definition) is 4. The lowest BCUT2D eigenvalue weighted by Crippen LogP contribution is -2.53. The van der Waals surface area contributed by atoms with Gasteiger partial charge in [-0.05, 0) is 0 Å². The summed E-state index contributed by atoms with van der Waals surface area (Å²) in [6, 6.07) is 0. The fourth-order valence-corrected chi connectivity index (χ4v) is 2.09. The fourth-order valence-electron chi connectivity index (χ4n) is 1.27. The maximum atomic E-state index is 10.8. The molecule has 0 aromatic rings. The SMILES string of the molecule is NC(=O)C1CN(C2=NC(=O)CS2)C1. The van der Waals surface area contributed by atoms with Gasteiger partial charge in [-0.2, -0.15) is 4.99 Å². The highest BCUT2D eigenvalue weighted by Crippen LogP contribution is 2.24. The standard InChI is InChI=1S/C7H9N3O2S/c8-6(12)4-1-10(2-4)7-9-5(11)3-13-7/h4H,1-3H2,(H2,8,12). The number of amides is 2. The molecule has 0 radical (unpaired) electrons. The van der Waals surface area contributed by atoms with E-state index in [1.165, 1.54) is 11.8 Å². The molecule has 0 saturated carbocycles. The summed E-state index contributed by atoms with van der Waals surface area (Å²) in [5, 5.41) is 0.738. The Balaban J connectivity index is 1.90. The predicted octanol–water partition coefficient (Wildman–Crippen LogP) is -0.967. The van der Waals surface area contributed by atoms with Crippen molar-refractivity contribution < 1.29 is 9.59 Å². The monoisotopic (exact) mass is 199 g/mol. The Morgan fingerprint density at radius 2 is 2.31 bits per heavy atom. The molecule has 2 rings (SSSR count). The van der Waals surface area contributed by atoms with Gasteiger partial charge in [0.2, 0.25) is 5.91 Å². The molecule has 0 unspecified atom stereocenters. The highest BCUT2D eigenvalue weighted by molar-refractivity contribution is 8.14. The molecule has 70 valence electrons. The maximum Gasteiger partial charge on any atom is 0.258 e. The molecule has 0 atom stereocenters. The smallest absolute Gasteiger partial charge is 0.258 e. The zero-order valence-electron chi connectivity index (χ0n) is 6.90. The summed E-state index contributed by atoms with van der Waals surface area (Å²) in [5.74, 6) is -0.0136. The van der Waals surface area contributed by atoms with Crippen molar-refractivity contribution >= 4 is 28.7 Å². The summed E-state index contributed by atoms with van der Waals surface area (Å²) in [5.41, 5.74) is 5.11. The van der Waals surface area contributed by atoms with E-state index in [-0.39, 0.29) is 17.7 Å². The lowest BCUT2D eigenvalue weighted by atomic mass is 10.0. The van der Waals surface area contributed by atoms with Crippen molar-refractivity contribution in [1.29, 1.82) is 0 Å². The van der Waals surface area contributed by atoms with Gasteiger partial charge in [0.05, 0.1) is 11.7 Å². The predicted molar refractivity (Wildman–Crippen MR) is 49.2 cm³/mol. The average molecular weight is 199 g/mol. The first kappa shape index (κ1) is 8.55. The van der Waals surface area contributed by atoms with E-state index in [1.54, 1.807) is 0 Å². The van der Waals surface area contributed by atoms with Gasteiger partial charge in [-0.25, -0.2) is 0 Å². The van der Waals surface area contributed by atoms with E-state index in [4.69, 9.17) is 5.73 Å². The summed E-state index contributed by atoms with van der Waals surface area (Å²) in [7, 11) is 0. The Bertz CT molecular complexity index is 296. The minimum Gasteiger partial charge on any atom is -0.369 e. The Morgan fingerprint density at radius 1 is 1.62 bits per heavy atom. The molecule has 0 spiro atoms. The zero-order chi connectivity index (χ0) is 9.42. The van der Waals surface area contributed by atoms with Gasteiger partial charge in [-0.3, -0.25) is 9.59 Å². The van der Waals surface area contributed by atoms with Gasteiger partial charge in [-0.15, -0.1) is 0 Å². The van der Waals surface area contributed by atoms with E-state index in [2.05, 4.69) is 4.99 Å². The highest BCUT2D eigenvalue weighted by Gasteiger charge is 2.35. The van der Waals surface area contributed by atoms with E-state index in [0.29, 0.717) is 18.8 Å². The second-order valence-electron chi connectivity index (χ2n) is 3.08. The molecule has 0 bridgehead atoms. The van der Waals surface area contributed by atoms with E-state index in [0.717, 1.165) is 5.17 Å².